The summed E-state index contributed by atoms with van der Waals surface area (Å²) in [5.74, 6) is -25.6. The molecule has 0 aliphatic carbocycles. The average Bonchev–Trinajstić information content (AvgIpc) is 3.12. The van der Waals surface area contributed by atoms with Crippen molar-refractivity contribution in [2.45, 2.75) is 92.9 Å². The molecule has 294 valence electrons. The van der Waals surface area contributed by atoms with Crippen LogP contribution in [0.5, 0.6) is 0 Å². The van der Waals surface area contributed by atoms with Gasteiger partial charge in [-0.1, -0.05) is 0 Å². The molecule has 0 unspecified atom stereocenters. The molecule has 4 aromatic carbocycles. The van der Waals surface area contributed by atoms with E-state index >= 15 is 17.6 Å². The third kappa shape index (κ3) is 8.46. The second-order valence-corrected chi connectivity index (χ2v) is 16.6. The topological polar surface area (TPSA) is 18.8 Å². The number of allylic oxidation sites excluding steroid dienone is 2. The van der Waals surface area contributed by atoms with Gasteiger partial charge in [0.1, 0.15) is 0 Å². The van der Waals surface area contributed by atoms with E-state index in [1.807, 2.05) is 73.6 Å². The summed E-state index contributed by atoms with van der Waals surface area (Å²) < 4.78 is 152. The van der Waals surface area contributed by atoms with Crippen LogP contribution >= 0.6 is 0 Å². The Morgan fingerprint density at radius 1 is 0.491 bits per heavy atom. The molecule has 0 saturated carbocycles. The van der Waals surface area contributed by atoms with Crippen molar-refractivity contribution in [2.24, 2.45) is 4.99 Å². The maximum absolute atomic E-state index is 15.7. The molecule has 0 N–H and O–H groups in total. The van der Waals surface area contributed by atoms with E-state index in [1.54, 1.807) is 31.2 Å². The van der Waals surface area contributed by atoms with Crippen LogP contribution in [0.25, 0.3) is 0 Å². The summed E-state index contributed by atoms with van der Waals surface area (Å²) in [6, 6.07) is 11.0. The van der Waals surface area contributed by atoms with E-state index in [-0.39, 0.29) is 33.2 Å². The van der Waals surface area contributed by atoms with Gasteiger partial charge in [0.25, 0.3) is 0 Å². The van der Waals surface area contributed by atoms with Gasteiger partial charge in [0.15, 0.2) is 0 Å². The fourth-order valence-corrected chi connectivity index (χ4v) is 9.06. The first-order chi connectivity index (χ1) is 25.6. The van der Waals surface area contributed by atoms with E-state index in [4.69, 9.17) is 4.99 Å². The summed E-state index contributed by atoms with van der Waals surface area (Å²) in [6.45, 7) is 18.5. The van der Waals surface area contributed by atoms with Crippen molar-refractivity contribution in [2.75, 3.05) is 7.71 Å². The second-order valence-electron chi connectivity index (χ2n) is 14.3. The molecule has 0 atom stereocenters. The molecule has 0 saturated heterocycles. The van der Waals surface area contributed by atoms with Crippen LogP contribution in [-0.2, 0) is 0 Å². The minimum absolute atomic E-state index is 0.00248. The number of para-hydroxylation sites is 2. The fraction of sp³-hybridized carbons (Fsp3) is 0.341. The van der Waals surface area contributed by atoms with Gasteiger partial charge in [-0.2, -0.15) is 0 Å². The fourth-order valence-electron chi connectivity index (χ4n) is 6.18. The van der Waals surface area contributed by atoms with Crippen LogP contribution in [0.1, 0.15) is 115 Å². The summed E-state index contributed by atoms with van der Waals surface area (Å²) in [4.78, 5) is 4.94. The summed E-state index contributed by atoms with van der Waals surface area (Å²) >= 11 is -2.97. The monoisotopic (exact) mass is 839 g/mol. The van der Waals surface area contributed by atoms with Gasteiger partial charge >= 0.3 is 322 Å². The number of benzene rings is 4. The predicted molar refractivity (Wildman–Crippen MR) is 199 cm³/mol. The van der Waals surface area contributed by atoms with Gasteiger partial charge in [-0.3, -0.25) is 0 Å². The van der Waals surface area contributed by atoms with Gasteiger partial charge in [-0.25, -0.2) is 0 Å². The summed E-state index contributed by atoms with van der Waals surface area (Å²) in [7, 11) is 0. The third-order valence-electron chi connectivity index (χ3n) is 8.99. The molecule has 0 spiro atoms. The summed E-state index contributed by atoms with van der Waals surface area (Å²) in [5, 5.41) is 0. The molecule has 0 aliphatic heterocycles. The van der Waals surface area contributed by atoms with Crippen LogP contribution in [0.2, 0.25) is 0 Å². The van der Waals surface area contributed by atoms with Crippen LogP contribution in [0, 0.1) is 58.2 Å². The van der Waals surface area contributed by atoms with Crippen molar-refractivity contribution in [1.82, 2.24) is 0 Å². The molecule has 14 heteroatoms. The Hall–Kier alpha value is -4.27. The quantitative estimate of drug-likeness (QED) is 0.0465. The molecule has 0 aliphatic rings. The first-order valence-corrected chi connectivity index (χ1v) is 19.4. The van der Waals surface area contributed by atoms with Gasteiger partial charge in [0.05, 0.1) is 0 Å². The van der Waals surface area contributed by atoms with Crippen molar-refractivity contribution >= 4 is 44.3 Å². The van der Waals surface area contributed by atoms with Gasteiger partial charge in [-0.15, -0.1) is 0 Å². The Kier molecular flexibility index (Phi) is 13.6. The number of hydrogen-bond acceptors (Lipinski definition) is 3. The standard InChI is InChI=1S/C41H41F10GeN3/c1-18(2)24-13-11-14-25(19(3)4)38(24)53-22(9)17-23(10)54(39-26(20(5)6)15-12-16-27(39)21(7)8)52-55(40-34(48)30(44)28(42)31(45)35(40)49)41-36(50)32(46)29(43)33(47)37(41)51/h11-21H,1-10H3/b23-17-,53-22?. The van der Waals surface area contributed by atoms with Crippen LogP contribution in [-0.4, -0.2) is 21.6 Å². The van der Waals surface area contributed by atoms with Gasteiger partial charge in [-0.05, 0) is 0 Å². The molecule has 0 bridgehead atoms. The third-order valence-corrected chi connectivity index (χ3v) is 12.0. The number of rotatable bonds is 12. The van der Waals surface area contributed by atoms with Crippen molar-refractivity contribution < 1.29 is 43.9 Å². The second kappa shape index (κ2) is 17.3. The first-order valence-electron chi connectivity index (χ1n) is 17.5. The van der Waals surface area contributed by atoms with Crippen LogP contribution in [0.4, 0.5) is 66.7 Å². The van der Waals surface area contributed by atoms with E-state index in [2.05, 4.69) is 0 Å². The van der Waals surface area contributed by atoms with E-state index in [0.717, 1.165) is 11.1 Å². The summed E-state index contributed by atoms with van der Waals surface area (Å²) in [5.41, 5.74) is 1.02. The van der Waals surface area contributed by atoms with Crippen molar-refractivity contribution in [3.8, 4) is 0 Å². The van der Waals surface area contributed by atoms with Gasteiger partial charge in [0, 0.05) is 0 Å². The van der Waals surface area contributed by atoms with Crippen molar-refractivity contribution in [1.29, 1.82) is 0 Å². The molecule has 2 radical (unpaired) electrons. The van der Waals surface area contributed by atoms with Crippen LogP contribution in [0.15, 0.2) is 53.2 Å². The van der Waals surface area contributed by atoms with Gasteiger partial charge in [0.2, 0.25) is 0 Å². The normalized spacial score (nSPS) is 12.6. The van der Waals surface area contributed by atoms with E-state index < -0.39 is 85.4 Å². The number of halogens is 10. The molecule has 4 aromatic rings. The Labute approximate surface area is 321 Å². The van der Waals surface area contributed by atoms with Gasteiger partial charge < -0.3 is 0 Å². The minimum atomic E-state index is -2.97. The van der Waals surface area contributed by atoms with E-state index in [9.17, 15) is 26.3 Å². The Morgan fingerprint density at radius 2 is 0.800 bits per heavy atom. The number of nitrogens with zero attached hydrogens (tertiary/aromatic N) is 3. The molecule has 55 heavy (non-hydrogen) atoms. The van der Waals surface area contributed by atoms with Crippen molar-refractivity contribution in [3.05, 3.63) is 129 Å². The SMILES string of the molecule is CC(/C=C(/C)[N]([Ge][N](c1c(F)c(F)c(F)c(F)c1F)c1c(F)c(F)c(F)c(F)c1F)c1c(C(C)C)cccc1C(C)C)=Nc1c(C(C)C)cccc1C(C)C. The number of hydrogen-bond donors (Lipinski definition) is 0. The molecule has 3 nitrogen and oxygen atoms in total. The molecular weight excluding hydrogens is 797 g/mol. The molecular formula is C41H41F10GeN3. The maximum atomic E-state index is 15.7. The Balaban J connectivity index is 2.16. The molecule has 0 aromatic heterocycles. The van der Waals surface area contributed by atoms with E-state index in [0.29, 0.717) is 28.2 Å². The predicted octanol–water partition coefficient (Wildman–Crippen LogP) is 13.4. The zero-order valence-electron chi connectivity index (χ0n) is 32.0. The Bertz CT molecular complexity index is 1980. The summed E-state index contributed by atoms with van der Waals surface area (Å²) in [6.07, 6.45) is 1.57. The zero-order valence-corrected chi connectivity index (χ0v) is 34.1. The van der Waals surface area contributed by atoms with Crippen molar-refractivity contribution in [3.63, 3.8) is 0 Å². The van der Waals surface area contributed by atoms with Crippen LogP contribution < -0.4 is 7.71 Å². The Morgan fingerprint density at radius 3 is 1.13 bits per heavy atom. The average molecular weight is 838 g/mol. The molecule has 0 fully saturated rings. The molecule has 4 rings (SSSR count). The zero-order chi connectivity index (χ0) is 41.4. The molecule has 0 heterocycles. The number of anilines is 3. The van der Waals surface area contributed by atoms with E-state index in [1.165, 1.54) is 10.8 Å². The van der Waals surface area contributed by atoms with Crippen LogP contribution in [0.3, 0.4) is 0 Å². The number of aliphatic imine (C=N–C) groups is 1. The molecule has 0 amide bonds. The first kappa shape index (κ1) is 43.5.